The van der Waals surface area contributed by atoms with Gasteiger partial charge in [-0.1, -0.05) is 13.8 Å². The Morgan fingerprint density at radius 2 is 2.40 bits per heavy atom. The number of aromatic nitrogens is 1. The van der Waals surface area contributed by atoms with Crippen LogP contribution in [0, 0.1) is 0 Å². The zero-order valence-electron chi connectivity index (χ0n) is 6.10. The highest BCUT2D eigenvalue weighted by molar-refractivity contribution is 7.03. The first-order chi connectivity index (χ1) is 4.75. The first-order valence-electron chi connectivity index (χ1n) is 3.24. The molecule has 0 unspecified atom stereocenters. The number of hydrogen-bond donors (Lipinski definition) is 0. The molecule has 0 bridgehead atoms. The second kappa shape index (κ2) is 3.35. The number of rotatable bonds is 2. The molecule has 0 spiro atoms. The molecular formula is C7H10ClNS. The molecule has 0 amide bonds. The van der Waals surface area contributed by atoms with Crippen LogP contribution in [0.4, 0.5) is 0 Å². The van der Waals surface area contributed by atoms with Gasteiger partial charge in [-0.25, -0.2) is 0 Å². The smallest absolute Gasteiger partial charge is 0.0611 e. The molecule has 56 valence electrons. The van der Waals surface area contributed by atoms with Gasteiger partial charge in [-0.2, -0.15) is 4.37 Å². The van der Waals surface area contributed by atoms with Gasteiger partial charge in [-0.15, -0.1) is 11.6 Å². The molecule has 0 radical (unpaired) electrons. The van der Waals surface area contributed by atoms with Crippen molar-refractivity contribution in [1.82, 2.24) is 4.37 Å². The first-order valence-corrected chi connectivity index (χ1v) is 4.62. The zero-order chi connectivity index (χ0) is 7.56. The Kier molecular flexibility index (Phi) is 2.69. The maximum atomic E-state index is 5.68. The largest absolute Gasteiger partial charge is 0.197 e. The van der Waals surface area contributed by atoms with Gasteiger partial charge in [0.15, 0.2) is 0 Å². The summed E-state index contributed by atoms with van der Waals surface area (Å²) in [5, 5.41) is 2.02. The third-order valence-electron chi connectivity index (χ3n) is 1.37. The fourth-order valence-electron chi connectivity index (χ4n) is 0.842. The van der Waals surface area contributed by atoms with Crippen molar-refractivity contribution in [3.05, 3.63) is 16.6 Å². The van der Waals surface area contributed by atoms with E-state index in [0.717, 1.165) is 5.69 Å². The van der Waals surface area contributed by atoms with Crippen molar-refractivity contribution in [3.8, 4) is 0 Å². The normalized spacial score (nSPS) is 10.8. The van der Waals surface area contributed by atoms with E-state index in [1.54, 1.807) is 0 Å². The highest BCUT2D eigenvalue weighted by atomic mass is 35.5. The molecule has 1 rings (SSSR count). The van der Waals surface area contributed by atoms with Crippen molar-refractivity contribution in [2.75, 3.05) is 0 Å². The minimum atomic E-state index is 0.500. The average Bonchev–Trinajstić information content (AvgIpc) is 2.33. The number of hydrogen-bond acceptors (Lipinski definition) is 2. The van der Waals surface area contributed by atoms with Crippen molar-refractivity contribution >= 4 is 23.1 Å². The summed E-state index contributed by atoms with van der Waals surface area (Å²) in [5.74, 6) is 1.09. The standard InChI is InChI=1S/C7H10ClNS/c1-5(2)7-6(3-8)4-10-9-7/h4-5H,3H2,1-2H3. The third kappa shape index (κ3) is 1.50. The molecule has 0 aliphatic heterocycles. The van der Waals surface area contributed by atoms with Crippen molar-refractivity contribution in [2.45, 2.75) is 25.6 Å². The van der Waals surface area contributed by atoms with Crippen LogP contribution < -0.4 is 0 Å². The Balaban J connectivity index is 2.90. The minimum absolute atomic E-state index is 0.500. The van der Waals surface area contributed by atoms with Gasteiger partial charge in [0.25, 0.3) is 0 Å². The van der Waals surface area contributed by atoms with Crippen LogP contribution in [0.2, 0.25) is 0 Å². The number of alkyl halides is 1. The van der Waals surface area contributed by atoms with Gasteiger partial charge in [0, 0.05) is 10.9 Å². The van der Waals surface area contributed by atoms with E-state index in [-0.39, 0.29) is 0 Å². The predicted molar refractivity (Wildman–Crippen MR) is 45.8 cm³/mol. The molecule has 0 atom stereocenters. The first kappa shape index (κ1) is 8.02. The number of nitrogens with zero attached hydrogens (tertiary/aromatic N) is 1. The Labute approximate surface area is 70.2 Å². The van der Waals surface area contributed by atoms with Gasteiger partial charge >= 0.3 is 0 Å². The van der Waals surface area contributed by atoms with Crippen molar-refractivity contribution in [2.24, 2.45) is 0 Å². The molecule has 0 aliphatic carbocycles. The molecule has 1 aromatic rings. The molecule has 1 nitrogen and oxygen atoms in total. The van der Waals surface area contributed by atoms with Gasteiger partial charge in [0.05, 0.1) is 11.6 Å². The zero-order valence-corrected chi connectivity index (χ0v) is 7.67. The molecule has 0 saturated heterocycles. The quantitative estimate of drug-likeness (QED) is 0.630. The van der Waals surface area contributed by atoms with Crippen molar-refractivity contribution < 1.29 is 0 Å². The lowest BCUT2D eigenvalue weighted by Crippen LogP contribution is -1.90. The summed E-state index contributed by atoms with van der Waals surface area (Å²) in [5.41, 5.74) is 2.33. The molecule has 0 fully saturated rings. The van der Waals surface area contributed by atoms with Crippen LogP contribution in [0.15, 0.2) is 5.38 Å². The van der Waals surface area contributed by atoms with E-state index >= 15 is 0 Å². The summed E-state index contributed by atoms with van der Waals surface area (Å²) in [6.45, 7) is 4.26. The maximum Gasteiger partial charge on any atom is 0.0611 e. The van der Waals surface area contributed by atoms with E-state index in [2.05, 4.69) is 18.2 Å². The molecule has 0 aliphatic rings. The Morgan fingerprint density at radius 3 is 2.80 bits per heavy atom. The second-order valence-electron chi connectivity index (χ2n) is 2.51. The van der Waals surface area contributed by atoms with E-state index in [0.29, 0.717) is 11.8 Å². The van der Waals surface area contributed by atoms with E-state index in [1.807, 2.05) is 5.38 Å². The van der Waals surface area contributed by atoms with Crippen LogP contribution in [0.5, 0.6) is 0 Å². The lowest BCUT2D eigenvalue weighted by atomic mass is 10.1. The number of halogens is 1. The minimum Gasteiger partial charge on any atom is -0.197 e. The summed E-state index contributed by atoms with van der Waals surface area (Å²) in [4.78, 5) is 0. The van der Waals surface area contributed by atoms with Crippen molar-refractivity contribution in [1.29, 1.82) is 0 Å². The van der Waals surface area contributed by atoms with E-state index in [4.69, 9.17) is 11.6 Å². The summed E-state index contributed by atoms with van der Waals surface area (Å²) < 4.78 is 4.24. The summed E-state index contributed by atoms with van der Waals surface area (Å²) in [6.07, 6.45) is 0. The van der Waals surface area contributed by atoms with Gasteiger partial charge in [0.1, 0.15) is 0 Å². The highest BCUT2D eigenvalue weighted by Gasteiger charge is 2.07. The van der Waals surface area contributed by atoms with Crippen LogP contribution in [-0.4, -0.2) is 4.37 Å². The average molecular weight is 176 g/mol. The lowest BCUT2D eigenvalue weighted by molar-refractivity contribution is 0.829. The van der Waals surface area contributed by atoms with Crippen LogP contribution in [-0.2, 0) is 5.88 Å². The van der Waals surface area contributed by atoms with Crippen LogP contribution >= 0.6 is 23.1 Å². The third-order valence-corrected chi connectivity index (χ3v) is 2.35. The Hall–Kier alpha value is -0.0800. The highest BCUT2D eigenvalue weighted by Crippen LogP contribution is 2.20. The molecule has 0 saturated carbocycles. The van der Waals surface area contributed by atoms with E-state index in [1.165, 1.54) is 17.1 Å². The molecule has 1 aromatic heterocycles. The van der Waals surface area contributed by atoms with Crippen LogP contribution in [0.3, 0.4) is 0 Å². The van der Waals surface area contributed by atoms with Crippen LogP contribution in [0.25, 0.3) is 0 Å². The second-order valence-corrected chi connectivity index (χ2v) is 3.41. The molecule has 0 N–H and O–H groups in total. The lowest BCUT2D eigenvalue weighted by Gasteiger charge is -2.00. The summed E-state index contributed by atoms with van der Waals surface area (Å²) >= 11 is 7.17. The van der Waals surface area contributed by atoms with Gasteiger partial charge < -0.3 is 0 Å². The molecule has 3 heteroatoms. The van der Waals surface area contributed by atoms with Gasteiger partial charge in [-0.3, -0.25) is 0 Å². The Morgan fingerprint density at radius 1 is 1.70 bits per heavy atom. The Bertz CT molecular complexity index is 207. The molecular weight excluding hydrogens is 166 g/mol. The van der Waals surface area contributed by atoms with E-state index in [9.17, 15) is 0 Å². The van der Waals surface area contributed by atoms with E-state index < -0.39 is 0 Å². The maximum absolute atomic E-state index is 5.68. The van der Waals surface area contributed by atoms with Gasteiger partial charge in [0.2, 0.25) is 0 Å². The van der Waals surface area contributed by atoms with Crippen molar-refractivity contribution in [3.63, 3.8) is 0 Å². The topological polar surface area (TPSA) is 12.9 Å². The monoisotopic (exact) mass is 175 g/mol. The fraction of sp³-hybridized carbons (Fsp3) is 0.571. The predicted octanol–water partition coefficient (Wildman–Crippen LogP) is 3.01. The van der Waals surface area contributed by atoms with Crippen LogP contribution in [0.1, 0.15) is 31.0 Å². The molecule has 0 aromatic carbocycles. The molecule has 10 heavy (non-hydrogen) atoms. The van der Waals surface area contributed by atoms with Gasteiger partial charge in [-0.05, 0) is 17.5 Å². The fourth-order valence-corrected chi connectivity index (χ4v) is 1.97. The summed E-state index contributed by atoms with van der Waals surface area (Å²) in [7, 11) is 0. The molecule has 1 heterocycles. The SMILES string of the molecule is CC(C)c1nscc1CCl. The summed E-state index contributed by atoms with van der Waals surface area (Å²) in [6, 6.07) is 0.